The SMILES string of the molecule is N#Cc1ccc(NC(=O)c2cccc(F)c2Br)cc1Cl. The maximum absolute atomic E-state index is 13.4. The molecule has 2 aromatic carbocycles. The number of amides is 1. The Balaban J connectivity index is 2.26. The van der Waals surface area contributed by atoms with Crippen LogP contribution in [0.1, 0.15) is 15.9 Å². The first-order valence-electron chi connectivity index (χ1n) is 5.48. The molecular weight excluding hydrogens is 347 g/mol. The molecule has 0 radical (unpaired) electrons. The Labute approximate surface area is 128 Å². The molecule has 100 valence electrons. The summed E-state index contributed by atoms with van der Waals surface area (Å²) in [4.78, 5) is 12.0. The largest absolute Gasteiger partial charge is 0.322 e. The van der Waals surface area contributed by atoms with Crippen LogP contribution >= 0.6 is 27.5 Å². The fourth-order valence-corrected chi connectivity index (χ4v) is 2.23. The van der Waals surface area contributed by atoms with Gasteiger partial charge in [0.05, 0.1) is 20.6 Å². The summed E-state index contributed by atoms with van der Waals surface area (Å²) >= 11 is 8.90. The van der Waals surface area contributed by atoms with Crippen molar-refractivity contribution in [3.8, 4) is 6.07 Å². The molecule has 6 heteroatoms. The van der Waals surface area contributed by atoms with E-state index in [-0.39, 0.29) is 15.1 Å². The van der Waals surface area contributed by atoms with Gasteiger partial charge in [0.15, 0.2) is 0 Å². The Morgan fingerprint density at radius 1 is 1.35 bits per heavy atom. The maximum atomic E-state index is 13.4. The molecule has 2 aromatic rings. The molecule has 0 bridgehead atoms. The summed E-state index contributed by atoms with van der Waals surface area (Å²) in [5.41, 5.74) is 0.914. The summed E-state index contributed by atoms with van der Waals surface area (Å²) in [6.07, 6.45) is 0. The van der Waals surface area contributed by atoms with Gasteiger partial charge in [-0.2, -0.15) is 5.26 Å². The van der Waals surface area contributed by atoms with Crippen LogP contribution in [0.15, 0.2) is 40.9 Å². The first-order valence-corrected chi connectivity index (χ1v) is 6.65. The van der Waals surface area contributed by atoms with Gasteiger partial charge in [-0.05, 0) is 46.3 Å². The van der Waals surface area contributed by atoms with Crippen LogP contribution in [0.3, 0.4) is 0 Å². The zero-order valence-electron chi connectivity index (χ0n) is 9.95. The number of hydrogen-bond donors (Lipinski definition) is 1. The second kappa shape index (κ2) is 6.04. The molecule has 0 atom stereocenters. The van der Waals surface area contributed by atoms with Crippen molar-refractivity contribution in [2.75, 3.05) is 5.32 Å². The Morgan fingerprint density at radius 2 is 2.10 bits per heavy atom. The lowest BCUT2D eigenvalue weighted by Crippen LogP contribution is -2.13. The molecule has 3 nitrogen and oxygen atoms in total. The molecule has 0 unspecified atom stereocenters. The number of nitriles is 1. The minimum atomic E-state index is -0.518. The van der Waals surface area contributed by atoms with E-state index in [1.165, 1.54) is 30.3 Å². The van der Waals surface area contributed by atoms with Crippen LogP contribution in [0.4, 0.5) is 10.1 Å². The number of halogens is 3. The van der Waals surface area contributed by atoms with Crippen molar-refractivity contribution in [1.29, 1.82) is 5.26 Å². The van der Waals surface area contributed by atoms with Gasteiger partial charge in [0.2, 0.25) is 0 Å². The average molecular weight is 354 g/mol. The van der Waals surface area contributed by atoms with Crippen LogP contribution in [0, 0.1) is 17.1 Å². The molecule has 0 aliphatic carbocycles. The third-order valence-corrected chi connectivity index (χ3v) is 3.66. The van der Waals surface area contributed by atoms with Crippen LogP contribution in [0.5, 0.6) is 0 Å². The van der Waals surface area contributed by atoms with Crippen molar-refractivity contribution in [3.05, 3.63) is 62.8 Å². The number of anilines is 1. The van der Waals surface area contributed by atoms with Crippen molar-refractivity contribution < 1.29 is 9.18 Å². The van der Waals surface area contributed by atoms with Crippen molar-refractivity contribution in [1.82, 2.24) is 0 Å². The molecule has 0 saturated heterocycles. The van der Waals surface area contributed by atoms with E-state index in [2.05, 4.69) is 21.2 Å². The van der Waals surface area contributed by atoms with Gasteiger partial charge in [0.1, 0.15) is 11.9 Å². The van der Waals surface area contributed by atoms with E-state index in [9.17, 15) is 9.18 Å². The number of benzene rings is 2. The lowest BCUT2D eigenvalue weighted by Gasteiger charge is -2.08. The summed E-state index contributed by atoms with van der Waals surface area (Å²) < 4.78 is 13.5. The summed E-state index contributed by atoms with van der Waals surface area (Å²) in [7, 11) is 0. The highest BCUT2D eigenvalue weighted by Crippen LogP contribution is 2.23. The molecule has 0 fully saturated rings. The highest BCUT2D eigenvalue weighted by Gasteiger charge is 2.13. The number of nitrogens with one attached hydrogen (secondary N) is 1. The second-order valence-corrected chi connectivity index (χ2v) is 5.06. The molecule has 0 aliphatic heterocycles. The van der Waals surface area contributed by atoms with Gasteiger partial charge in [0, 0.05) is 5.69 Å². The topological polar surface area (TPSA) is 52.9 Å². The van der Waals surface area contributed by atoms with E-state index >= 15 is 0 Å². The highest BCUT2D eigenvalue weighted by atomic mass is 79.9. The normalized spacial score (nSPS) is 9.90. The molecule has 0 aromatic heterocycles. The first kappa shape index (κ1) is 14.5. The van der Waals surface area contributed by atoms with E-state index in [1.807, 2.05) is 6.07 Å². The van der Waals surface area contributed by atoms with Gasteiger partial charge >= 0.3 is 0 Å². The van der Waals surface area contributed by atoms with E-state index in [4.69, 9.17) is 16.9 Å². The van der Waals surface area contributed by atoms with Crippen LogP contribution < -0.4 is 5.32 Å². The zero-order valence-corrected chi connectivity index (χ0v) is 12.3. The van der Waals surface area contributed by atoms with Crippen molar-refractivity contribution in [2.45, 2.75) is 0 Å². The average Bonchev–Trinajstić information content (AvgIpc) is 2.42. The highest BCUT2D eigenvalue weighted by molar-refractivity contribution is 9.10. The molecule has 0 saturated carbocycles. The predicted molar refractivity (Wildman–Crippen MR) is 78.2 cm³/mol. The number of nitrogens with zero attached hydrogens (tertiary/aromatic N) is 1. The molecule has 1 N–H and O–H groups in total. The van der Waals surface area contributed by atoms with Crippen LogP contribution in [0.2, 0.25) is 5.02 Å². The molecule has 0 heterocycles. The van der Waals surface area contributed by atoms with Gasteiger partial charge < -0.3 is 5.32 Å². The van der Waals surface area contributed by atoms with E-state index in [0.717, 1.165) is 0 Å². The fraction of sp³-hybridized carbons (Fsp3) is 0. The Morgan fingerprint density at radius 3 is 2.75 bits per heavy atom. The first-order chi connectivity index (χ1) is 9.52. The Kier molecular flexibility index (Phi) is 4.38. The van der Waals surface area contributed by atoms with E-state index < -0.39 is 11.7 Å². The number of rotatable bonds is 2. The van der Waals surface area contributed by atoms with Crippen molar-refractivity contribution in [2.24, 2.45) is 0 Å². The van der Waals surface area contributed by atoms with Gasteiger partial charge in [-0.1, -0.05) is 17.7 Å². The lowest BCUT2D eigenvalue weighted by atomic mass is 10.2. The number of carbonyl (C=O) groups excluding carboxylic acids is 1. The maximum Gasteiger partial charge on any atom is 0.256 e. The van der Waals surface area contributed by atoms with Crippen molar-refractivity contribution in [3.63, 3.8) is 0 Å². The molecular formula is C14H7BrClFN2O. The van der Waals surface area contributed by atoms with Gasteiger partial charge in [-0.3, -0.25) is 4.79 Å². The molecule has 0 spiro atoms. The van der Waals surface area contributed by atoms with Crippen LogP contribution in [-0.4, -0.2) is 5.91 Å². The van der Waals surface area contributed by atoms with Crippen LogP contribution in [-0.2, 0) is 0 Å². The van der Waals surface area contributed by atoms with Crippen molar-refractivity contribution >= 4 is 39.1 Å². The van der Waals surface area contributed by atoms with E-state index in [1.54, 1.807) is 6.07 Å². The summed E-state index contributed by atoms with van der Waals surface area (Å²) in [5, 5.41) is 11.6. The Hall–Kier alpha value is -1.90. The second-order valence-electron chi connectivity index (χ2n) is 3.86. The smallest absolute Gasteiger partial charge is 0.256 e. The minimum Gasteiger partial charge on any atom is -0.322 e. The number of carbonyl (C=O) groups is 1. The third kappa shape index (κ3) is 2.98. The summed E-state index contributed by atoms with van der Waals surface area (Å²) in [6, 6.07) is 10.6. The molecule has 0 aliphatic rings. The standard InChI is InChI=1S/C14H7BrClFN2O/c15-13-10(2-1-3-12(13)17)14(20)19-9-5-4-8(7-18)11(16)6-9/h1-6H,(H,19,20). The zero-order chi connectivity index (χ0) is 14.7. The molecule has 1 amide bonds. The van der Waals surface area contributed by atoms with Gasteiger partial charge in [-0.15, -0.1) is 0 Å². The lowest BCUT2D eigenvalue weighted by molar-refractivity contribution is 0.102. The predicted octanol–water partition coefficient (Wildman–Crippen LogP) is 4.37. The molecule has 2 rings (SSSR count). The van der Waals surface area contributed by atoms with Gasteiger partial charge in [-0.25, -0.2) is 4.39 Å². The third-order valence-electron chi connectivity index (χ3n) is 2.54. The fourth-order valence-electron chi connectivity index (χ4n) is 1.56. The Bertz CT molecular complexity index is 728. The van der Waals surface area contributed by atoms with Crippen LogP contribution in [0.25, 0.3) is 0 Å². The summed E-state index contributed by atoms with van der Waals surface area (Å²) in [5.74, 6) is -0.993. The van der Waals surface area contributed by atoms with E-state index in [0.29, 0.717) is 11.3 Å². The number of hydrogen-bond acceptors (Lipinski definition) is 2. The molecule has 20 heavy (non-hydrogen) atoms. The quantitative estimate of drug-likeness (QED) is 0.872. The minimum absolute atomic E-state index is 0.0947. The summed E-state index contributed by atoms with van der Waals surface area (Å²) in [6.45, 7) is 0. The van der Waals surface area contributed by atoms with Gasteiger partial charge in [0.25, 0.3) is 5.91 Å². The monoisotopic (exact) mass is 352 g/mol.